The largest absolute Gasteiger partial charge is 0.449 e. The molecular weight excluding hydrogens is 391 g/mol. The van der Waals surface area contributed by atoms with E-state index in [4.69, 9.17) is 11.2 Å². The van der Waals surface area contributed by atoms with Crippen molar-refractivity contribution < 1.29 is 9.53 Å². The van der Waals surface area contributed by atoms with E-state index >= 15 is 0 Å². The van der Waals surface area contributed by atoms with Gasteiger partial charge in [-0.3, -0.25) is 0 Å². The molecule has 0 aliphatic rings. The molecule has 0 fully saturated rings. The van der Waals surface area contributed by atoms with Gasteiger partial charge in [0.25, 0.3) is 0 Å². The van der Waals surface area contributed by atoms with E-state index in [1.54, 1.807) is 18.2 Å². The molecule has 0 unspecified atom stereocenters. The van der Waals surface area contributed by atoms with Gasteiger partial charge in [0.2, 0.25) is 0 Å². The number of imidazole rings is 1. The van der Waals surface area contributed by atoms with Crippen molar-refractivity contribution in [2.75, 3.05) is 6.61 Å². The van der Waals surface area contributed by atoms with Crippen molar-refractivity contribution in [3.63, 3.8) is 0 Å². The average Bonchev–Trinajstić information content (AvgIpc) is 2.96. The number of hydrogen-bond donors (Lipinski definition) is 1. The van der Waals surface area contributed by atoms with Crippen molar-refractivity contribution in [3.8, 4) is 23.7 Å². The standard InChI is InChI=1S/C17H11IN2O2/c1-2-9-22-17(21)12-5-8-14-15(10-12)20-16(19-14)11-3-6-13(18)7-4-11/h1,3-8,10H,9H2,(H,19,20). The molecule has 1 aromatic heterocycles. The molecule has 0 saturated carbocycles. The fourth-order valence-electron chi connectivity index (χ4n) is 2.07. The van der Waals surface area contributed by atoms with E-state index in [0.717, 1.165) is 26.0 Å². The van der Waals surface area contributed by atoms with Gasteiger partial charge in [-0.2, -0.15) is 0 Å². The van der Waals surface area contributed by atoms with Crippen LogP contribution in [0, 0.1) is 15.9 Å². The number of fused-ring (bicyclic) bond motifs is 1. The first kappa shape index (κ1) is 14.6. The Morgan fingerprint density at radius 3 is 2.77 bits per heavy atom. The van der Waals surface area contributed by atoms with E-state index in [1.807, 2.05) is 24.3 Å². The summed E-state index contributed by atoms with van der Waals surface area (Å²) < 4.78 is 6.08. The van der Waals surface area contributed by atoms with Crippen molar-refractivity contribution in [1.82, 2.24) is 9.97 Å². The zero-order chi connectivity index (χ0) is 15.5. The SMILES string of the molecule is C#CCOC(=O)c1ccc2nc(-c3ccc(I)cc3)[nH]c2c1. The summed E-state index contributed by atoms with van der Waals surface area (Å²) in [5.74, 6) is 2.60. The summed E-state index contributed by atoms with van der Waals surface area (Å²) in [5.41, 5.74) is 3.01. The average molecular weight is 402 g/mol. The molecule has 0 saturated heterocycles. The highest BCUT2D eigenvalue weighted by atomic mass is 127. The van der Waals surface area contributed by atoms with Crippen molar-refractivity contribution in [1.29, 1.82) is 0 Å². The maximum absolute atomic E-state index is 11.8. The van der Waals surface area contributed by atoms with Crippen LogP contribution in [-0.2, 0) is 4.74 Å². The van der Waals surface area contributed by atoms with Crippen molar-refractivity contribution in [3.05, 3.63) is 51.6 Å². The van der Waals surface area contributed by atoms with Crippen LogP contribution in [0.2, 0.25) is 0 Å². The lowest BCUT2D eigenvalue weighted by Crippen LogP contribution is -2.04. The molecule has 4 nitrogen and oxygen atoms in total. The minimum atomic E-state index is -0.440. The van der Waals surface area contributed by atoms with Gasteiger partial charge in [0, 0.05) is 9.13 Å². The number of rotatable bonds is 3. The molecule has 0 radical (unpaired) electrons. The highest BCUT2D eigenvalue weighted by Crippen LogP contribution is 2.22. The number of aromatic amines is 1. The van der Waals surface area contributed by atoms with Crippen molar-refractivity contribution in [2.24, 2.45) is 0 Å². The normalized spacial score (nSPS) is 10.4. The van der Waals surface area contributed by atoms with Crippen LogP contribution >= 0.6 is 22.6 Å². The predicted octanol–water partition coefficient (Wildman–Crippen LogP) is 3.62. The highest BCUT2D eigenvalue weighted by Gasteiger charge is 2.10. The Kier molecular flexibility index (Phi) is 4.11. The monoisotopic (exact) mass is 402 g/mol. The van der Waals surface area contributed by atoms with Crippen molar-refractivity contribution in [2.45, 2.75) is 0 Å². The maximum atomic E-state index is 11.8. The number of halogens is 1. The summed E-state index contributed by atoms with van der Waals surface area (Å²) in [7, 11) is 0. The van der Waals surface area contributed by atoms with Gasteiger partial charge in [-0.1, -0.05) is 18.1 Å². The van der Waals surface area contributed by atoms with Gasteiger partial charge in [-0.25, -0.2) is 9.78 Å². The molecular formula is C17H11IN2O2. The summed E-state index contributed by atoms with van der Waals surface area (Å²) in [6.07, 6.45) is 5.08. The Bertz CT molecular complexity index is 876. The first-order chi connectivity index (χ1) is 10.7. The van der Waals surface area contributed by atoms with Crippen LogP contribution in [0.3, 0.4) is 0 Å². The number of H-pyrrole nitrogens is 1. The molecule has 0 bridgehead atoms. The van der Waals surface area contributed by atoms with Crippen LogP contribution in [0.5, 0.6) is 0 Å². The molecule has 0 aliphatic heterocycles. The second-order valence-electron chi connectivity index (χ2n) is 4.60. The van der Waals surface area contributed by atoms with Crippen LogP contribution in [0.1, 0.15) is 10.4 Å². The molecule has 22 heavy (non-hydrogen) atoms. The Balaban J connectivity index is 1.95. The third-order valence-corrected chi connectivity index (χ3v) is 3.84. The van der Waals surface area contributed by atoms with Gasteiger partial charge in [0.05, 0.1) is 16.6 Å². The number of aromatic nitrogens is 2. The molecule has 1 heterocycles. The summed E-state index contributed by atoms with van der Waals surface area (Å²) in [6, 6.07) is 13.2. The number of terminal acetylenes is 1. The number of ether oxygens (including phenoxy) is 1. The van der Waals surface area contributed by atoms with E-state index in [1.165, 1.54) is 0 Å². The molecule has 3 rings (SSSR count). The molecule has 1 N–H and O–H groups in total. The molecule has 0 aliphatic carbocycles. The Morgan fingerprint density at radius 1 is 1.27 bits per heavy atom. The fraction of sp³-hybridized carbons (Fsp3) is 0.0588. The molecule has 0 amide bonds. The van der Waals surface area contributed by atoms with Gasteiger partial charge in [-0.05, 0) is 52.9 Å². The number of nitrogens with one attached hydrogen (secondary N) is 1. The summed E-state index contributed by atoms with van der Waals surface area (Å²) >= 11 is 2.26. The van der Waals surface area contributed by atoms with E-state index < -0.39 is 5.97 Å². The summed E-state index contributed by atoms with van der Waals surface area (Å²) in [5, 5.41) is 0. The van der Waals surface area contributed by atoms with Crippen LogP contribution in [-0.4, -0.2) is 22.5 Å². The third kappa shape index (κ3) is 2.97. The molecule has 2 aromatic carbocycles. The highest BCUT2D eigenvalue weighted by molar-refractivity contribution is 14.1. The first-order valence-corrected chi connectivity index (χ1v) is 7.61. The topological polar surface area (TPSA) is 55.0 Å². The zero-order valence-corrected chi connectivity index (χ0v) is 13.6. The molecule has 0 spiro atoms. The molecule has 108 valence electrons. The number of hydrogen-bond acceptors (Lipinski definition) is 3. The van der Waals surface area contributed by atoms with Crippen molar-refractivity contribution >= 4 is 39.6 Å². The minimum absolute atomic E-state index is 0.0340. The molecule has 3 aromatic rings. The van der Waals surface area contributed by atoms with Crippen LogP contribution in [0.4, 0.5) is 0 Å². The van der Waals surface area contributed by atoms with Gasteiger partial charge in [0.15, 0.2) is 6.61 Å². The Morgan fingerprint density at radius 2 is 2.05 bits per heavy atom. The minimum Gasteiger partial charge on any atom is -0.449 e. The Hall–Kier alpha value is -2.33. The molecule has 0 atom stereocenters. The van der Waals surface area contributed by atoms with E-state index in [2.05, 4.69) is 38.5 Å². The lowest BCUT2D eigenvalue weighted by atomic mass is 10.2. The van der Waals surface area contributed by atoms with Gasteiger partial charge >= 0.3 is 5.97 Å². The number of benzene rings is 2. The van der Waals surface area contributed by atoms with E-state index in [9.17, 15) is 4.79 Å². The second-order valence-corrected chi connectivity index (χ2v) is 5.85. The number of nitrogens with zero attached hydrogens (tertiary/aromatic N) is 1. The number of esters is 1. The molecule has 5 heteroatoms. The lowest BCUT2D eigenvalue weighted by Gasteiger charge is -2.00. The number of carbonyl (C=O) groups excluding carboxylic acids is 1. The van der Waals surface area contributed by atoms with Crippen LogP contribution < -0.4 is 0 Å². The Labute approximate surface area is 141 Å². The smallest absolute Gasteiger partial charge is 0.339 e. The predicted molar refractivity (Wildman–Crippen MR) is 93.4 cm³/mol. The van der Waals surface area contributed by atoms with Crippen LogP contribution in [0.15, 0.2) is 42.5 Å². The maximum Gasteiger partial charge on any atom is 0.339 e. The van der Waals surface area contributed by atoms with E-state index in [0.29, 0.717) is 5.56 Å². The zero-order valence-electron chi connectivity index (χ0n) is 11.5. The third-order valence-electron chi connectivity index (χ3n) is 3.12. The van der Waals surface area contributed by atoms with Crippen LogP contribution in [0.25, 0.3) is 22.4 Å². The second kappa shape index (κ2) is 6.20. The van der Waals surface area contributed by atoms with Gasteiger partial charge < -0.3 is 9.72 Å². The van der Waals surface area contributed by atoms with Gasteiger partial charge in [0.1, 0.15) is 5.82 Å². The van der Waals surface area contributed by atoms with E-state index in [-0.39, 0.29) is 6.61 Å². The fourth-order valence-corrected chi connectivity index (χ4v) is 2.43. The summed E-state index contributed by atoms with van der Waals surface area (Å²) in [4.78, 5) is 19.6. The first-order valence-electron chi connectivity index (χ1n) is 6.53. The summed E-state index contributed by atoms with van der Waals surface area (Å²) in [6.45, 7) is -0.0340. The lowest BCUT2D eigenvalue weighted by molar-refractivity contribution is 0.0557. The van der Waals surface area contributed by atoms with Gasteiger partial charge in [-0.15, -0.1) is 6.42 Å². The number of carbonyl (C=O) groups is 1. The quantitative estimate of drug-likeness (QED) is 0.414.